The molecule has 3 aromatic rings. The molecule has 0 radical (unpaired) electrons. The zero-order valence-electron chi connectivity index (χ0n) is 17.4. The minimum atomic E-state index is -0.754. The van der Waals surface area contributed by atoms with E-state index < -0.39 is 6.04 Å². The van der Waals surface area contributed by atoms with Crippen LogP contribution in [0.25, 0.3) is 11.0 Å². The van der Waals surface area contributed by atoms with E-state index in [0.717, 1.165) is 41.5 Å². The van der Waals surface area contributed by atoms with Crippen LogP contribution in [-0.2, 0) is 22.6 Å². The van der Waals surface area contributed by atoms with Crippen molar-refractivity contribution in [2.75, 3.05) is 13.6 Å². The van der Waals surface area contributed by atoms with Crippen molar-refractivity contribution in [3.05, 3.63) is 65.7 Å². The number of benzene rings is 1. The number of aromatic nitrogens is 2. The highest BCUT2D eigenvalue weighted by Gasteiger charge is 2.31. The van der Waals surface area contributed by atoms with Crippen LogP contribution >= 0.6 is 0 Å². The number of H-pyrrole nitrogens is 1. The van der Waals surface area contributed by atoms with Crippen molar-refractivity contribution in [1.82, 2.24) is 25.5 Å². The molecule has 3 N–H and O–H groups in total. The molecule has 2 aromatic heterocycles. The lowest BCUT2D eigenvalue weighted by atomic mass is 10.0. The molecule has 7 nitrogen and oxygen atoms in total. The lowest BCUT2D eigenvalue weighted by Gasteiger charge is -2.23. The van der Waals surface area contributed by atoms with Crippen molar-refractivity contribution in [2.45, 2.75) is 37.9 Å². The molecular formula is C23H26FN5O2. The van der Waals surface area contributed by atoms with E-state index >= 15 is 0 Å². The van der Waals surface area contributed by atoms with Gasteiger partial charge in [0, 0.05) is 30.7 Å². The molecule has 1 fully saturated rings. The largest absolute Gasteiger partial charge is 0.350 e. The van der Waals surface area contributed by atoms with Gasteiger partial charge in [-0.25, -0.2) is 9.37 Å². The molecule has 1 saturated heterocycles. The van der Waals surface area contributed by atoms with Crippen molar-refractivity contribution in [2.24, 2.45) is 0 Å². The number of amides is 2. The van der Waals surface area contributed by atoms with Crippen molar-refractivity contribution in [3.63, 3.8) is 0 Å². The number of pyridine rings is 1. The van der Waals surface area contributed by atoms with Gasteiger partial charge in [0.15, 0.2) is 0 Å². The van der Waals surface area contributed by atoms with Gasteiger partial charge in [-0.1, -0.05) is 12.1 Å². The van der Waals surface area contributed by atoms with Crippen LogP contribution in [0.1, 0.15) is 24.0 Å². The molecule has 8 heteroatoms. The van der Waals surface area contributed by atoms with Crippen LogP contribution < -0.4 is 10.6 Å². The number of likely N-dealkylation sites (N-methyl/N-ethyl adjacent to an activating group) is 1. The summed E-state index contributed by atoms with van der Waals surface area (Å²) in [6, 6.07) is 8.87. The Labute approximate surface area is 180 Å². The fourth-order valence-electron chi connectivity index (χ4n) is 3.97. The second-order valence-electron chi connectivity index (χ2n) is 8.01. The van der Waals surface area contributed by atoms with E-state index in [9.17, 15) is 14.0 Å². The Balaban J connectivity index is 1.45. The van der Waals surface area contributed by atoms with Gasteiger partial charge >= 0.3 is 0 Å². The number of likely N-dealkylation sites (tertiary alicyclic amines) is 1. The molecule has 31 heavy (non-hydrogen) atoms. The predicted octanol–water partition coefficient (Wildman–Crippen LogP) is 2.14. The van der Waals surface area contributed by atoms with E-state index in [1.54, 1.807) is 18.3 Å². The zero-order valence-corrected chi connectivity index (χ0v) is 17.4. The number of nitrogens with zero attached hydrogens (tertiary/aromatic N) is 2. The highest BCUT2D eigenvalue weighted by molar-refractivity contribution is 5.90. The third kappa shape index (κ3) is 5.08. The number of rotatable bonds is 7. The zero-order chi connectivity index (χ0) is 21.8. The van der Waals surface area contributed by atoms with E-state index in [2.05, 4.69) is 20.6 Å². The Kier molecular flexibility index (Phi) is 6.27. The highest BCUT2D eigenvalue weighted by atomic mass is 19.1. The predicted molar refractivity (Wildman–Crippen MR) is 116 cm³/mol. The molecule has 1 aliphatic rings. The smallest absolute Gasteiger partial charge is 0.243 e. The summed E-state index contributed by atoms with van der Waals surface area (Å²) in [4.78, 5) is 35.2. The van der Waals surface area contributed by atoms with E-state index in [1.807, 2.05) is 30.3 Å². The van der Waals surface area contributed by atoms with Crippen molar-refractivity contribution >= 4 is 22.8 Å². The Hall–Kier alpha value is -3.26. The van der Waals surface area contributed by atoms with Crippen molar-refractivity contribution in [3.8, 4) is 0 Å². The van der Waals surface area contributed by atoms with Crippen molar-refractivity contribution < 1.29 is 14.0 Å². The average molecular weight is 423 g/mol. The Bertz CT molecular complexity index is 1070. The van der Waals surface area contributed by atoms with Gasteiger partial charge in [0.25, 0.3) is 0 Å². The third-order valence-corrected chi connectivity index (χ3v) is 5.73. The minimum Gasteiger partial charge on any atom is -0.350 e. The first-order valence-corrected chi connectivity index (χ1v) is 10.4. The van der Waals surface area contributed by atoms with Gasteiger partial charge in [0.05, 0.1) is 6.04 Å². The van der Waals surface area contributed by atoms with E-state index in [0.29, 0.717) is 6.54 Å². The lowest BCUT2D eigenvalue weighted by molar-refractivity contribution is -0.131. The summed E-state index contributed by atoms with van der Waals surface area (Å²) in [5.41, 5.74) is 2.43. The summed E-state index contributed by atoms with van der Waals surface area (Å²) in [6.07, 6.45) is 5.53. The third-order valence-electron chi connectivity index (χ3n) is 5.73. The van der Waals surface area contributed by atoms with Crippen LogP contribution in [0, 0.1) is 5.82 Å². The highest BCUT2D eigenvalue weighted by Crippen LogP contribution is 2.16. The van der Waals surface area contributed by atoms with Gasteiger partial charge in [0.2, 0.25) is 11.8 Å². The first kappa shape index (κ1) is 21.0. The van der Waals surface area contributed by atoms with Gasteiger partial charge in [-0.3, -0.25) is 14.5 Å². The number of hydrogen-bond acceptors (Lipinski definition) is 4. The number of nitrogens with one attached hydrogen (secondary N) is 3. The quantitative estimate of drug-likeness (QED) is 0.543. The Morgan fingerprint density at radius 3 is 2.81 bits per heavy atom. The molecule has 4 rings (SSSR count). The van der Waals surface area contributed by atoms with E-state index in [4.69, 9.17) is 0 Å². The Morgan fingerprint density at radius 2 is 2.06 bits per heavy atom. The molecule has 3 heterocycles. The second kappa shape index (κ2) is 9.26. The van der Waals surface area contributed by atoms with Crippen LogP contribution in [0.15, 0.2) is 48.8 Å². The fraction of sp³-hybridized carbons (Fsp3) is 0.348. The first-order chi connectivity index (χ1) is 15.0. The summed E-state index contributed by atoms with van der Waals surface area (Å²) in [5, 5.41) is 6.78. The maximum absolute atomic E-state index is 13.3. The van der Waals surface area contributed by atoms with E-state index in [1.165, 1.54) is 12.1 Å². The number of carbonyl (C=O) groups is 2. The average Bonchev–Trinajstić information content (AvgIpc) is 3.41. The molecular weight excluding hydrogens is 397 g/mol. The van der Waals surface area contributed by atoms with Crippen LogP contribution in [0.3, 0.4) is 0 Å². The van der Waals surface area contributed by atoms with Gasteiger partial charge in [-0.05, 0) is 61.8 Å². The van der Waals surface area contributed by atoms with Gasteiger partial charge < -0.3 is 15.6 Å². The summed E-state index contributed by atoms with van der Waals surface area (Å²) < 4.78 is 13.3. The molecule has 0 bridgehead atoms. The van der Waals surface area contributed by atoms with E-state index in [-0.39, 0.29) is 30.1 Å². The number of halogens is 1. The van der Waals surface area contributed by atoms with Gasteiger partial charge in [-0.2, -0.15) is 0 Å². The maximum Gasteiger partial charge on any atom is 0.243 e. The number of hydrogen-bond donors (Lipinski definition) is 3. The van der Waals surface area contributed by atoms with Crippen LogP contribution in [0.2, 0.25) is 0 Å². The van der Waals surface area contributed by atoms with Crippen LogP contribution in [0.5, 0.6) is 0 Å². The molecule has 0 saturated carbocycles. The fourth-order valence-corrected chi connectivity index (χ4v) is 3.97. The summed E-state index contributed by atoms with van der Waals surface area (Å²) in [7, 11) is 1.91. The minimum absolute atomic E-state index is 0.155. The summed E-state index contributed by atoms with van der Waals surface area (Å²) in [5.74, 6) is -0.779. The molecule has 0 aliphatic carbocycles. The SMILES string of the molecule is CN1CCC[C@@H]1C(=O)N[C@@H](Cc1ccc(F)cc1)C(=O)NCc1cnc2[nH]ccc2c1. The van der Waals surface area contributed by atoms with Crippen LogP contribution in [0.4, 0.5) is 4.39 Å². The number of carbonyl (C=O) groups excluding carboxylic acids is 2. The van der Waals surface area contributed by atoms with Gasteiger partial charge in [-0.15, -0.1) is 0 Å². The topological polar surface area (TPSA) is 90.1 Å². The lowest BCUT2D eigenvalue weighted by Crippen LogP contribution is -2.52. The molecule has 0 spiro atoms. The second-order valence-corrected chi connectivity index (χ2v) is 8.01. The normalized spacial score (nSPS) is 17.5. The maximum atomic E-state index is 13.3. The molecule has 162 valence electrons. The van der Waals surface area contributed by atoms with Crippen molar-refractivity contribution in [1.29, 1.82) is 0 Å². The molecule has 2 atom stereocenters. The molecule has 0 unspecified atom stereocenters. The van der Waals surface area contributed by atoms with Crippen LogP contribution in [-0.4, -0.2) is 52.4 Å². The van der Waals surface area contributed by atoms with Gasteiger partial charge in [0.1, 0.15) is 17.5 Å². The standard InChI is InChI=1S/C23H26FN5O2/c1-29-10-2-3-20(29)23(31)28-19(12-15-4-6-18(24)7-5-15)22(30)27-14-16-11-17-8-9-25-21(17)26-13-16/h4-9,11,13,19-20H,2-3,10,12,14H2,1H3,(H,25,26)(H,27,30)(H,28,31)/t19-,20+/m0/s1. The monoisotopic (exact) mass is 423 g/mol. The molecule has 1 aliphatic heterocycles. The summed E-state index contributed by atoms with van der Waals surface area (Å²) in [6.45, 7) is 1.16. The molecule has 1 aromatic carbocycles. The summed E-state index contributed by atoms with van der Waals surface area (Å²) >= 11 is 0. The number of aromatic amines is 1. The first-order valence-electron chi connectivity index (χ1n) is 10.4. The molecule has 2 amide bonds. The Morgan fingerprint density at radius 1 is 1.26 bits per heavy atom. The number of fused-ring (bicyclic) bond motifs is 1.